The van der Waals surface area contributed by atoms with Gasteiger partial charge in [0, 0.05) is 25.0 Å². The van der Waals surface area contributed by atoms with Crippen molar-refractivity contribution in [2.75, 3.05) is 27.9 Å². The van der Waals surface area contributed by atoms with Crippen LogP contribution in [0.1, 0.15) is 54.4 Å². The van der Waals surface area contributed by atoms with E-state index in [0.29, 0.717) is 36.5 Å². The highest BCUT2D eigenvalue weighted by molar-refractivity contribution is 6.17. The number of carbonyl (C=O) groups excluding carboxylic acids is 3. The van der Waals surface area contributed by atoms with Gasteiger partial charge >= 0.3 is 5.97 Å². The predicted octanol–water partition coefficient (Wildman–Crippen LogP) is 4.08. The van der Waals surface area contributed by atoms with Gasteiger partial charge in [-0.05, 0) is 37.5 Å². The third-order valence-corrected chi connectivity index (χ3v) is 5.15. The fourth-order valence-corrected chi connectivity index (χ4v) is 3.47. The van der Waals surface area contributed by atoms with Gasteiger partial charge in [-0.1, -0.05) is 12.1 Å². The fourth-order valence-electron chi connectivity index (χ4n) is 3.47. The lowest BCUT2D eigenvalue weighted by Gasteiger charge is -2.19. The van der Waals surface area contributed by atoms with Crippen molar-refractivity contribution in [2.24, 2.45) is 0 Å². The zero-order chi connectivity index (χ0) is 24.4. The van der Waals surface area contributed by atoms with E-state index in [4.69, 9.17) is 18.9 Å². The van der Waals surface area contributed by atoms with Crippen LogP contribution in [0.25, 0.3) is 0 Å². The molecule has 1 unspecified atom stereocenters. The van der Waals surface area contributed by atoms with Crippen LogP contribution in [0.2, 0.25) is 0 Å². The van der Waals surface area contributed by atoms with E-state index in [2.05, 4.69) is 0 Å². The molecule has 0 aliphatic carbocycles. The molecular weight excluding hydrogens is 428 g/mol. The molecule has 0 amide bonds. The number of phenolic OH excluding ortho intramolecular Hbond substituents is 1. The standard InChI is InChI=1S/C25H30O8/c1-5-33-22(28)9-7-6-8-19(26)23(16-10-12-17(30-2)13-11-16)25(29)24-20(27)14-18(31-3)15-21(24)32-4/h10-15,23,27H,5-9H2,1-4H3. The number of benzene rings is 2. The molecule has 0 aromatic heterocycles. The summed E-state index contributed by atoms with van der Waals surface area (Å²) in [5.41, 5.74) is 0.368. The van der Waals surface area contributed by atoms with Gasteiger partial charge in [-0.15, -0.1) is 0 Å². The summed E-state index contributed by atoms with van der Waals surface area (Å²) in [5.74, 6) is -1.75. The van der Waals surface area contributed by atoms with Crippen molar-refractivity contribution in [3.8, 4) is 23.0 Å². The van der Waals surface area contributed by atoms with Crippen LogP contribution < -0.4 is 14.2 Å². The molecule has 8 nitrogen and oxygen atoms in total. The van der Waals surface area contributed by atoms with Crippen molar-refractivity contribution in [3.05, 3.63) is 47.5 Å². The van der Waals surface area contributed by atoms with E-state index < -0.39 is 11.7 Å². The number of ketones is 2. The number of methoxy groups -OCH3 is 3. The van der Waals surface area contributed by atoms with E-state index in [0.717, 1.165) is 0 Å². The average molecular weight is 459 g/mol. The summed E-state index contributed by atoms with van der Waals surface area (Å²) in [4.78, 5) is 38.3. The van der Waals surface area contributed by atoms with E-state index in [9.17, 15) is 19.5 Å². The number of esters is 1. The first-order valence-electron chi connectivity index (χ1n) is 10.7. The molecule has 2 aromatic carbocycles. The maximum atomic E-state index is 13.6. The zero-order valence-corrected chi connectivity index (χ0v) is 19.4. The first-order chi connectivity index (χ1) is 15.9. The van der Waals surface area contributed by atoms with Crippen molar-refractivity contribution in [1.29, 1.82) is 0 Å². The third-order valence-electron chi connectivity index (χ3n) is 5.15. The number of carbonyl (C=O) groups is 3. The van der Waals surface area contributed by atoms with Crippen LogP contribution in [0, 0.1) is 0 Å². The summed E-state index contributed by atoms with van der Waals surface area (Å²) < 4.78 is 20.5. The van der Waals surface area contributed by atoms with Crippen LogP contribution in [-0.2, 0) is 14.3 Å². The quantitative estimate of drug-likeness (QED) is 0.207. The molecule has 0 saturated carbocycles. The van der Waals surface area contributed by atoms with Crippen molar-refractivity contribution in [2.45, 2.75) is 38.5 Å². The van der Waals surface area contributed by atoms with Gasteiger partial charge in [-0.3, -0.25) is 14.4 Å². The molecule has 0 heterocycles. The molecule has 0 spiro atoms. The fraction of sp³-hybridized carbons (Fsp3) is 0.400. The van der Waals surface area contributed by atoms with Crippen LogP contribution in [-0.4, -0.2) is 50.6 Å². The molecule has 33 heavy (non-hydrogen) atoms. The first-order valence-corrected chi connectivity index (χ1v) is 10.7. The Morgan fingerprint density at radius 2 is 1.52 bits per heavy atom. The van der Waals surface area contributed by atoms with E-state index in [1.165, 1.54) is 33.5 Å². The number of aromatic hydroxyl groups is 1. The van der Waals surface area contributed by atoms with Gasteiger partial charge < -0.3 is 24.1 Å². The van der Waals surface area contributed by atoms with Crippen molar-refractivity contribution >= 4 is 17.5 Å². The van der Waals surface area contributed by atoms with Gasteiger partial charge in [0.25, 0.3) is 0 Å². The van der Waals surface area contributed by atoms with Gasteiger partial charge in [-0.2, -0.15) is 0 Å². The largest absolute Gasteiger partial charge is 0.507 e. The van der Waals surface area contributed by atoms with Crippen LogP contribution in [0.5, 0.6) is 23.0 Å². The molecule has 8 heteroatoms. The van der Waals surface area contributed by atoms with Crippen LogP contribution in [0.4, 0.5) is 0 Å². The Morgan fingerprint density at radius 1 is 0.879 bits per heavy atom. The molecule has 1 atom stereocenters. The Hall–Kier alpha value is -3.55. The molecule has 178 valence electrons. The van der Waals surface area contributed by atoms with E-state index in [1.807, 2.05) is 0 Å². The monoisotopic (exact) mass is 458 g/mol. The van der Waals surface area contributed by atoms with Gasteiger partial charge in [-0.25, -0.2) is 0 Å². The minimum absolute atomic E-state index is 0.0844. The van der Waals surface area contributed by atoms with E-state index >= 15 is 0 Å². The summed E-state index contributed by atoms with van der Waals surface area (Å²) >= 11 is 0. The smallest absolute Gasteiger partial charge is 0.305 e. The molecule has 2 rings (SSSR count). The Balaban J connectivity index is 2.34. The Bertz CT molecular complexity index is 965. The number of rotatable bonds is 13. The van der Waals surface area contributed by atoms with Crippen molar-refractivity contribution in [3.63, 3.8) is 0 Å². The van der Waals surface area contributed by atoms with Gasteiger partial charge in [0.15, 0.2) is 5.78 Å². The summed E-state index contributed by atoms with van der Waals surface area (Å²) in [6.07, 6.45) is 1.17. The minimum atomic E-state index is -1.16. The molecule has 2 aromatic rings. The lowest BCUT2D eigenvalue weighted by Crippen LogP contribution is -2.23. The molecular formula is C25H30O8. The van der Waals surface area contributed by atoms with Gasteiger partial charge in [0.1, 0.15) is 40.3 Å². The summed E-state index contributed by atoms with van der Waals surface area (Å²) in [6, 6.07) is 9.38. The summed E-state index contributed by atoms with van der Waals surface area (Å²) in [7, 11) is 4.31. The maximum Gasteiger partial charge on any atom is 0.305 e. The highest BCUT2D eigenvalue weighted by Crippen LogP contribution is 2.37. The topological polar surface area (TPSA) is 108 Å². The minimum Gasteiger partial charge on any atom is -0.507 e. The highest BCUT2D eigenvalue weighted by Gasteiger charge is 2.33. The molecule has 1 N–H and O–H groups in total. The molecule has 0 fully saturated rings. The second kappa shape index (κ2) is 12.5. The van der Waals surface area contributed by atoms with Crippen LogP contribution in [0.15, 0.2) is 36.4 Å². The number of hydrogen-bond donors (Lipinski definition) is 1. The number of ether oxygens (including phenoxy) is 4. The average Bonchev–Trinajstić information content (AvgIpc) is 2.81. The lowest BCUT2D eigenvalue weighted by atomic mass is 9.84. The molecule has 0 radical (unpaired) electrons. The van der Waals surface area contributed by atoms with Crippen molar-refractivity contribution in [1.82, 2.24) is 0 Å². The summed E-state index contributed by atoms with van der Waals surface area (Å²) in [5, 5.41) is 10.5. The maximum absolute atomic E-state index is 13.6. The number of hydrogen-bond acceptors (Lipinski definition) is 8. The van der Waals surface area contributed by atoms with Crippen LogP contribution in [0.3, 0.4) is 0 Å². The number of phenols is 1. The Kier molecular flexibility index (Phi) is 9.72. The lowest BCUT2D eigenvalue weighted by molar-refractivity contribution is -0.143. The molecule has 0 aliphatic heterocycles. The zero-order valence-electron chi connectivity index (χ0n) is 19.4. The van der Waals surface area contributed by atoms with Crippen molar-refractivity contribution < 1.29 is 38.4 Å². The number of unbranched alkanes of at least 4 members (excludes halogenated alkanes) is 1. The van der Waals surface area contributed by atoms with Gasteiger partial charge in [0.05, 0.1) is 27.9 Å². The normalized spacial score (nSPS) is 11.4. The van der Waals surface area contributed by atoms with Gasteiger partial charge in [0.2, 0.25) is 0 Å². The predicted molar refractivity (Wildman–Crippen MR) is 121 cm³/mol. The molecule has 0 saturated heterocycles. The summed E-state index contributed by atoms with van der Waals surface area (Å²) in [6.45, 7) is 2.04. The molecule has 0 bridgehead atoms. The first kappa shape index (κ1) is 25.7. The second-order valence-corrected chi connectivity index (χ2v) is 7.27. The van der Waals surface area contributed by atoms with Crippen LogP contribution >= 0.6 is 0 Å². The highest BCUT2D eigenvalue weighted by atomic mass is 16.5. The van der Waals surface area contributed by atoms with E-state index in [-0.39, 0.29) is 41.7 Å². The Morgan fingerprint density at radius 3 is 2.09 bits per heavy atom. The van der Waals surface area contributed by atoms with E-state index in [1.54, 1.807) is 31.2 Å². The number of Topliss-reactive ketones (excluding diaryl/α,β-unsaturated/α-hetero) is 2. The Labute approximate surface area is 193 Å². The molecule has 0 aliphatic rings. The second-order valence-electron chi connectivity index (χ2n) is 7.27. The third kappa shape index (κ3) is 6.71. The SMILES string of the molecule is CCOC(=O)CCCCC(=O)C(C(=O)c1c(O)cc(OC)cc1OC)c1ccc(OC)cc1.